The lowest BCUT2D eigenvalue weighted by molar-refractivity contribution is 0.395. The van der Waals surface area contributed by atoms with Crippen LogP contribution in [-0.4, -0.2) is 44.2 Å². The SMILES string of the molecule is COc1cccc(-c2nc(-c3nc(N)nc(N(C)c4ccccc4)n3)no2)n1. The predicted molar refractivity (Wildman–Crippen MR) is 102 cm³/mol. The number of methoxy groups -OCH3 is 1. The zero-order valence-corrected chi connectivity index (χ0v) is 15.1. The smallest absolute Gasteiger partial charge is 0.277 e. The van der Waals surface area contributed by atoms with Crippen molar-refractivity contribution in [3.63, 3.8) is 0 Å². The van der Waals surface area contributed by atoms with E-state index in [1.165, 1.54) is 7.11 Å². The van der Waals surface area contributed by atoms with Gasteiger partial charge in [0.2, 0.25) is 29.4 Å². The van der Waals surface area contributed by atoms with Crippen molar-refractivity contribution < 1.29 is 9.26 Å². The summed E-state index contributed by atoms with van der Waals surface area (Å²) in [4.78, 5) is 23.1. The summed E-state index contributed by atoms with van der Waals surface area (Å²) < 4.78 is 10.4. The minimum absolute atomic E-state index is 0.0497. The van der Waals surface area contributed by atoms with Gasteiger partial charge in [-0.3, -0.25) is 0 Å². The summed E-state index contributed by atoms with van der Waals surface area (Å²) in [6.07, 6.45) is 0. The summed E-state index contributed by atoms with van der Waals surface area (Å²) in [7, 11) is 3.36. The average molecular weight is 376 g/mol. The molecule has 10 heteroatoms. The lowest BCUT2D eigenvalue weighted by Gasteiger charge is -2.17. The molecule has 4 rings (SSSR count). The standard InChI is InChI=1S/C18H16N8O2/c1-26(11-7-4-3-5-8-11)18-23-14(22-17(19)24-18)15-21-16(28-25-15)12-9-6-10-13(20-12)27-2/h3-10H,1-2H3,(H2,19,22,23,24). The van der Waals surface area contributed by atoms with Crippen molar-refractivity contribution in [2.45, 2.75) is 0 Å². The van der Waals surface area contributed by atoms with Crippen LogP contribution in [0, 0.1) is 0 Å². The molecule has 0 spiro atoms. The van der Waals surface area contributed by atoms with Crippen molar-refractivity contribution in [2.24, 2.45) is 0 Å². The largest absolute Gasteiger partial charge is 0.481 e. The molecule has 4 aromatic rings. The minimum atomic E-state index is 0.0497. The Hall–Kier alpha value is -4.08. The summed E-state index contributed by atoms with van der Waals surface area (Å²) in [5.41, 5.74) is 7.24. The fourth-order valence-corrected chi connectivity index (χ4v) is 2.46. The van der Waals surface area contributed by atoms with E-state index in [9.17, 15) is 0 Å². The number of hydrogen-bond acceptors (Lipinski definition) is 10. The van der Waals surface area contributed by atoms with Crippen molar-refractivity contribution in [3.8, 4) is 29.1 Å². The second-order valence-corrected chi connectivity index (χ2v) is 5.70. The highest BCUT2D eigenvalue weighted by Crippen LogP contribution is 2.24. The number of benzene rings is 1. The Kier molecular flexibility index (Phi) is 4.50. The summed E-state index contributed by atoms with van der Waals surface area (Å²) in [5.74, 6) is 1.44. The zero-order chi connectivity index (χ0) is 19.5. The number of hydrogen-bond donors (Lipinski definition) is 1. The van der Waals surface area contributed by atoms with Crippen molar-refractivity contribution >= 4 is 17.6 Å². The van der Waals surface area contributed by atoms with Crippen LogP contribution in [0.1, 0.15) is 0 Å². The minimum Gasteiger partial charge on any atom is -0.481 e. The molecule has 3 aromatic heterocycles. The Balaban J connectivity index is 1.68. The molecule has 0 saturated heterocycles. The van der Waals surface area contributed by atoms with E-state index in [0.717, 1.165) is 5.69 Å². The van der Waals surface area contributed by atoms with Crippen LogP contribution in [0.25, 0.3) is 23.2 Å². The number of anilines is 3. The van der Waals surface area contributed by atoms with E-state index in [0.29, 0.717) is 17.5 Å². The summed E-state index contributed by atoms with van der Waals surface area (Å²) in [5, 5.41) is 3.94. The summed E-state index contributed by atoms with van der Waals surface area (Å²) >= 11 is 0. The van der Waals surface area contributed by atoms with Crippen LogP contribution in [0.4, 0.5) is 17.6 Å². The first-order valence-electron chi connectivity index (χ1n) is 8.30. The van der Waals surface area contributed by atoms with Crippen LogP contribution in [0.3, 0.4) is 0 Å². The molecule has 2 N–H and O–H groups in total. The van der Waals surface area contributed by atoms with E-state index >= 15 is 0 Å². The number of ether oxygens (including phenoxy) is 1. The fraction of sp³-hybridized carbons (Fsp3) is 0.111. The van der Waals surface area contributed by atoms with E-state index in [4.69, 9.17) is 15.0 Å². The molecule has 3 heterocycles. The second-order valence-electron chi connectivity index (χ2n) is 5.70. The average Bonchev–Trinajstić information content (AvgIpc) is 3.24. The highest BCUT2D eigenvalue weighted by molar-refractivity contribution is 5.59. The summed E-state index contributed by atoms with van der Waals surface area (Å²) in [6.45, 7) is 0. The van der Waals surface area contributed by atoms with Gasteiger partial charge in [0.15, 0.2) is 0 Å². The van der Waals surface area contributed by atoms with Crippen LogP contribution in [0.15, 0.2) is 53.1 Å². The van der Waals surface area contributed by atoms with Crippen molar-refractivity contribution in [3.05, 3.63) is 48.5 Å². The number of aromatic nitrogens is 6. The Morgan fingerprint density at radius 2 is 1.71 bits per heavy atom. The number of nitrogens with two attached hydrogens (primary N) is 1. The molecular formula is C18H16N8O2. The quantitative estimate of drug-likeness (QED) is 0.554. The van der Waals surface area contributed by atoms with Crippen LogP contribution in [0.2, 0.25) is 0 Å². The summed E-state index contributed by atoms with van der Waals surface area (Å²) in [6, 6.07) is 14.9. The molecule has 0 atom stereocenters. The van der Waals surface area contributed by atoms with E-state index in [1.54, 1.807) is 23.1 Å². The van der Waals surface area contributed by atoms with Gasteiger partial charge in [-0.15, -0.1) is 0 Å². The van der Waals surface area contributed by atoms with Crippen molar-refractivity contribution in [2.75, 3.05) is 24.8 Å². The third kappa shape index (κ3) is 3.43. The van der Waals surface area contributed by atoms with Crippen LogP contribution in [0.5, 0.6) is 5.88 Å². The van der Waals surface area contributed by atoms with Gasteiger partial charge >= 0.3 is 0 Å². The second kappa shape index (κ2) is 7.27. The Morgan fingerprint density at radius 3 is 2.50 bits per heavy atom. The van der Waals surface area contributed by atoms with Gasteiger partial charge in [0.25, 0.3) is 5.89 Å². The van der Waals surface area contributed by atoms with Crippen molar-refractivity contribution in [1.29, 1.82) is 0 Å². The molecule has 0 unspecified atom stereocenters. The maximum Gasteiger partial charge on any atom is 0.277 e. The number of para-hydroxylation sites is 1. The van der Waals surface area contributed by atoms with E-state index in [-0.39, 0.29) is 23.5 Å². The highest BCUT2D eigenvalue weighted by Gasteiger charge is 2.18. The molecule has 140 valence electrons. The van der Waals surface area contributed by atoms with Crippen molar-refractivity contribution in [1.82, 2.24) is 30.1 Å². The third-order valence-corrected chi connectivity index (χ3v) is 3.86. The van der Waals surface area contributed by atoms with E-state index in [1.807, 2.05) is 37.4 Å². The van der Waals surface area contributed by atoms with Crippen LogP contribution >= 0.6 is 0 Å². The first kappa shape index (κ1) is 17.3. The van der Waals surface area contributed by atoms with Gasteiger partial charge in [0.05, 0.1) is 7.11 Å². The van der Waals surface area contributed by atoms with Crippen LogP contribution in [-0.2, 0) is 0 Å². The molecule has 0 amide bonds. The fourth-order valence-electron chi connectivity index (χ4n) is 2.46. The van der Waals surface area contributed by atoms with Crippen LogP contribution < -0.4 is 15.4 Å². The molecule has 0 fully saturated rings. The first-order valence-corrected chi connectivity index (χ1v) is 8.30. The van der Waals surface area contributed by atoms with Gasteiger partial charge in [0.1, 0.15) is 5.69 Å². The van der Waals surface area contributed by atoms with E-state index < -0.39 is 0 Å². The lowest BCUT2D eigenvalue weighted by atomic mass is 10.3. The Morgan fingerprint density at radius 1 is 0.893 bits per heavy atom. The molecule has 0 saturated carbocycles. The first-order chi connectivity index (χ1) is 13.6. The lowest BCUT2D eigenvalue weighted by Crippen LogP contribution is -2.15. The molecule has 0 bridgehead atoms. The van der Waals surface area contributed by atoms with Gasteiger partial charge in [-0.1, -0.05) is 29.4 Å². The molecule has 1 aromatic carbocycles. The van der Waals surface area contributed by atoms with Gasteiger partial charge < -0.3 is 19.9 Å². The number of rotatable bonds is 5. The highest BCUT2D eigenvalue weighted by atomic mass is 16.5. The number of nitrogens with zero attached hydrogens (tertiary/aromatic N) is 7. The molecule has 10 nitrogen and oxygen atoms in total. The van der Waals surface area contributed by atoms with Gasteiger partial charge in [-0.2, -0.15) is 19.9 Å². The monoisotopic (exact) mass is 376 g/mol. The topological polar surface area (TPSA) is 129 Å². The number of nitrogen functional groups attached to an aromatic ring is 1. The Bertz CT molecular complexity index is 1100. The van der Waals surface area contributed by atoms with Gasteiger partial charge in [-0.25, -0.2) is 4.98 Å². The maximum absolute atomic E-state index is 5.86. The molecule has 28 heavy (non-hydrogen) atoms. The normalized spacial score (nSPS) is 10.6. The van der Waals surface area contributed by atoms with Gasteiger partial charge in [-0.05, 0) is 18.2 Å². The zero-order valence-electron chi connectivity index (χ0n) is 15.1. The van der Waals surface area contributed by atoms with E-state index in [2.05, 4.69) is 30.1 Å². The molecule has 0 radical (unpaired) electrons. The number of pyridine rings is 1. The third-order valence-electron chi connectivity index (χ3n) is 3.86. The predicted octanol–water partition coefficient (Wildman–Crippen LogP) is 2.34. The Labute approximate surface area is 160 Å². The maximum atomic E-state index is 5.86. The molecular weight excluding hydrogens is 360 g/mol. The molecule has 0 aliphatic carbocycles. The van der Waals surface area contributed by atoms with Gasteiger partial charge in [0, 0.05) is 18.8 Å². The molecule has 0 aliphatic heterocycles. The molecule has 0 aliphatic rings.